The van der Waals surface area contributed by atoms with E-state index in [0.717, 1.165) is 0 Å². The molecule has 9 nitrogen and oxygen atoms in total. The van der Waals surface area contributed by atoms with Crippen molar-refractivity contribution in [3.63, 3.8) is 0 Å². The Labute approximate surface area is 257 Å². The number of nitrogens with one attached hydrogen (secondary N) is 1. The van der Waals surface area contributed by atoms with Crippen LogP contribution in [-0.4, -0.2) is 39.2 Å². The molecular weight excluding hydrogens is 599 g/mol. The van der Waals surface area contributed by atoms with Crippen LogP contribution in [0, 0.1) is 11.7 Å². The molecule has 2 aliphatic rings. The van der Waals surface area contributed by atoms with Crippen molar-refractivity contribution in [2.24, 2.45) is 24.5 Å². The summed E-state index contributed by atoms with van der Waals surface area (Å²) in [5.74, 6) is 3.83. The Morgan fingerprint density at radius 3 is 2.70 bits per heavy atom. The van der Waals surface area contributed by atoms with E-state index in [-0.39, 0.29) is 30.4 Å². The van der Waals surface area contributed by atoms with Gasteiger partial charge in [-0.05, 0) is 66.8 Å². The number of benzene rings is 2. The first-order valence-electron chi connectivity index (χ1n) is 13.7. The van der Waals surface area contributed by atoms with Crippen LogP contribution in [0.5, 0.6) is 0 Å². The number of nitrogens with two attached hydrogens (primary N) is 2. The van der Waals surface area contributed by atoms with Gasteiger partial charge in [0.1, 0.15) is 17.1 Å². The number of aryl methyl sites for hydroxylation is 1. The predicted molar refractivity (Wildman–Crippen MR) is 164 cm³/mol. The lowest BCUT2D eigenvalue weighted by atomic mass is 9.90. The highest BCUT2D eigenvalue weighted by atomic mass is 35.5. The molecule has 2 aromatic carbocycles. The van der Waals surface area contributed by atoms with Crippen molar-refractivity contribution in [2.75, 3.05) is 16.9 Å². The van der Waals surface area contributed by atoms with Crippen LogP contribution in [0.1, 0.15) is 43.4 Å². The molecule has 0 fully saturated rings. The molecule has 2 bridgehead atoms. The van der Waals surface area contributed by atoms with E-state index in [9.17, 15) is 9.59 Å². The van der Waals surface area contributed by atoms with Gasteiger partial charge in [-0.3, -0.25) is 19.3 Å². The molecule has 0 spiro atoms. The monoisotopic (exact) mass is 629 g/mol. The lowest BCUT2D eigenvalue weighted by molar-refractivity contribution is -0.129. The maximum Gasteiger partial charge on any atom is 0.247 e. The summed E-state index contributed by atoms with van der Waals surface area (Å²) in [5, 5.41) is 8.62. The molecule has 13 heteroatoms. The number of amides is 2. The van der Waals surface area contributed by atoms with Gasteiger partial charge in [0.25, 0.3) is 0 Å². The second-order valence-corrected chi connectivity index (χ2v) is 11.6. The zero-order valence-corrected chi connectivity index (χ0v) is 25.0. The molecule has 3 aromatic rings. The highest BCUT2D eigenvalue weighted by Gasteiger charge is 2.33. The Bertz CT molecular complexity index is 1640. The average molecular weight is 631 g/mol. The van der Waals surface area contributed by atoms with E-state index in [1.807, 2.05) is 0 Å². The summed E-state index contributed by atoms with van der Waals surface area (Å²) < 4.78 is 32.0. The molecule has 226 valence electrons. The van der Waals surface area contributed by atoms with Gasteiger partial charge in [-0.1, -0.05) is 30.1 Å². The standard InChI is InChI=1S/C30H31Cl2F2N7O2/c1-16-23(34)4-6-25(18-9-19(11-21(33)10-18)29-24(38-30(16)43)14-37-39(29)2)40-8-7-17(12-28(40)42)22-13-20(31)3-5-26(22)41(36)15-27(32)35/h3,5,9-16,23,25H,4,6-8,35-36H2,1-2H3,(H,38,43)/b27-15-. The van der Waals surface area contributed by atoms with Gasteiger partial charge in [-0.2, -0.15) is 5.10 Å². The summed E-state index contributed by atoms with van der Waals surface area (Å²) in [5.41, 5.74) is 9.21. The van der Waals surface area contributed by atoms with Gasteiger partial charge >= 0.3 is 0 Å². The van der Waals surface area contributed by atoms with Crippen molar-refractivity contribution in [1.82, 2.24) is 14.7 Å². The van der Waals surface area contributed by atoms with Gasteiger partial charge in [0.05, 0.1) is 41.4 Å². The van der Waals surface area contributed by atoms with Crippen molar-refractivity contribution in [2.45, 2.75) is 38.4 Å². The van der Waals surface area contributed by atoms with Crippen molar-refractivity contribution in [3.8, 4) is 11.3 Å². The molecule has 1 aromatic heterocycles. The molecule has 5 N–H and O–H groups in total. The number of hydrazine groups is 1. The maximum absolute atomic E-state index is 15.4. The lowest BCUT2D eigenvalue weighted by Gasteiger charge is -2.36. The van der Waals surface area contributed by atoms with E-state index in [2.05, 4.69) is 10.4 Å². The van der Waals surface area contributed by atoms with Crippen LogP contribution in [0.25, 0.3) is 16.8 Å². The molecular formula is C30H31Cl2F2N7O2. The summed E-state index contributed by atoms with van der Waals surface area (Å²) in [7, 11) is 1.67. The SMILES string of the molecule is CC1C(=O)Nc2cnn(C)c2-c2cc(F)cc(c2)C(N2CCC(c3cc(Cl)ccc3N(N)/C=C(\N)Cl)=CC2=O)CCC1F. The lowest BCUT2D eigenvalue weighted by Crippen LogP contribution is -2.38. The van der Waals surface area contributed by atoms with E-state index >= 15 is 8.78 Å². The van der Waals surface area contributed by atoms with Crippen LogP contribution >= 0.6 is 23.2 Å². The van der Waals surface area contributed by atoms with Gasteiger partial charge in [0.2, 0.25) is 11.8 Å². The smallest absolute Gasteiger partial charge is 0.247 e. The van der Waals surface area contributed by atoms with E-state index in [1.54, 1.807) is 36.2 Å². The topological polar surface area (TPSA) is 123 Å². The highest BCUT2D eigenvalue weighted by molar-refractivity contribution is 6.31. The molecule has 0 saturated heterocycles. The van der Waals surface area contributed by atoms with E-state index in [1.165, 1.54) is 47.2 Å². The van der Waals surface area contributed by atoms with Gasteiger partial charge in [-0.15, -0.1) is 0 Å². The number of carbonyl (C=O) groups excluding carboxylic acids is 2. The summed E-state index contributed by atoms with van der Waals surface area (Å²) in [6.45, 7) is 1.78. The van der Waals surface area contributed by atoms with Crippen LogP contribution in [-0.2, 0) is 16.6 Å². The van der Waals surface area contributed by atoms with Gasteiger partial charge in [-0.25, -0.2) is 14.6 Å². The van der Waals surface area contributed by atoms with Gasteiger partial charge < -0.3 is 16.0 Å². The molecule has 3 heterocycles. The molecule has 43 heavy (non-hydrogen) atoms. The number of rotatable bonds is 4. The maximum atomic E-state index is 15.4. The number of nitrogens with zero attached hydrogens (tertiary/aromatic N) is 4. The molecule has 3 atom stereocenters. The first-order chi connectivity index (χ1) is 20.4. The predicted octanol–water partition coefficient (Wildman–Crippen LogP) is 5.62. The summed E-state index contributed by atoms with van der Waals surface area (Å²) in [4.78, 5) is 28.2. The van der Waals surface area contributed by atoms with Crippen LogP contribution in [0.2, 0.25) is 5.02 Å². The van der Waals surface area contributed by atoms with E-state index < -0.39 is 29.9 Å². The minimum Gasteiger partial charge on any atom is -0.388 e. The third-order valence-corrected chi connectivity index (χ3v) is 8.20. The van der Waals surface area contributed by atoms with E-state index in [4.69, 9.17) is 34.8 Å². The zero-order chi connectivity index (χ0) is 31.0. The van der Waals surface area contributed by atoms with Crippen molar-refractivity contribution < 1.29 is 18.4 Å². The largest absolute Gasteiger partial charge is 0.388 e. The minimum atomic E-state index is -1.49. The second kappa shape index (κ2) is 12.4. The molecule has 0 radical (unpaired) electrons. The number of halogens is 4. The third-order valence-electron chi connectivity index (χ3n) is 7.87. The molecule has 3 unspecified atom stereocenters. The van der Waals surface area contributed by atoms with Gasteiger partial charge in [0, 0.05) is 35.8 Å². The molecule has 2 amide bonds. The fraction of sp³-hybridized carbons (Fsp3) is 0.300. The second-order valence-electron chi connectivity index (χ2n) is 10.7. The Kier molecular flexibility index (Phi) is 8.77. The average Bonchev–Trinajstić information content (AvgIpc) is 3.31. The number of aromatic nitrogens is 2. The zero-order valence-electron chi connectivity index (χ0n) is 23.5. The number of fused-ring (bicyclic) bond motifs is 4. The van der Waals surface area contributed by atoms with Crippen LogP contribution < -0.4 is 21.9 Å². The quantitative estimate of drug-likeness (QED) is 0.196. The fourth-order valence-corrected chi connectivity index (χ4v) is 5.94. The third kappa shape index (κ3) is 6.39. The first kappa shape index (κ1) is 30.5. The summed E-state index contributed by atoms with van der Waals surface area (Å²) >= 11 is 12.1. The Morgan fingerprint density at radius 2 is 1.98 bits per heavy atom. The minimum absolute atomic E-state index is 0.0158. The number of carbonyl (C=O) groups is 2. The van der Waals surface area contributed by atoms with Crippen LogP contribution in [0.15, 0.2) is 60.0 Å². The summed E-state index contributed by atoms with van der Waals surface area (Å²) in [6.07, 6.45) is 3.35. The molecule has 0 aliphatic carbocycles. The highest BCUT2D eigenvalue weighted by Crippen LogP contribution is 2.39. The normalized spacial score (nSPS) is 21.4. The van der Waals surface area contributed by atoms with Gasteiger partial charge in [0.15, 0.2) is 0 Å². The molecule has 2 aliphatic heterocycles. The van der Waals surface area contributed by atoms with Crippen molar-refractivity contribution in [3.05, 3.63) is 82.0 Å². The van der Waals surface area contributed by atoms with E-state index in [0.29, 0.717) is 50.8 Å². The molecule has 5 rings (SSSR count). The van der Waals surface area contributed by atoms with Crippen molar-refractivity contribution in [1.29, 1.82) is 0 Å². The molecule has 0 saturated carbocycles. The number of hydrogen-bond acceptors (Lipinski definition) is 6. The number of alkyl halides is 1. The van der Waals surface area contributed by atoms with Crippen molar-refractivity contribution >= 4 is 52.0 Å². The Hall–Kier alpha value is -3.93. The van der Waals surface area contributed by atoms with Crippen LogP contribution in [0.4, 0.5) is 20.2 Å². The first-order valence-corrected chi connectivity index (χ1v) is 14.4. The Morgan fingerprint density at radius 1 is 1.21 bits per heavy atom. The number of hydrogen-bond donors (Lipinski definition) is 3. The number of anilines is 2. The summed E-state index contributed by atoms with van der Waals surface area (Å²) in [6, 6.07) is 8.86. The Balaban J connectivity index is 1.56. The van der Waals surface area contributed by atoms with Crippen LogP contribution in [0.3, 0.4) is 0 Å². The fourth-order valence-electron chi connectivity index (χ4n) is 5.66.